The predicted octanol–water partition coefficient (Wildman–Crippen LogP) is 4.02. The summed E-state index contributed by atoms with van der Waals surface area (Å²) in [6.07, 6.45) is 4.76. The average Bonchev–Trinajstić information content (AvgIpc) is 3.36. The van der Waals surface area contributed by atoms with Gasteiger partial charge in [-0.05, 0) is 48.0 Å². The molecule has 3 aromatic heterocycles. The number of benzene rings is 2. The van der Waals surface area contributed by atoms with E-state index in [1.807, 2.05) is 24.3 Å². The lowest BCUT2D eigenvalue weighted by atomic mass is 10.1. The van der Waals surface area contributed by atoms with Crippen LogP contribution >= 0.6 is 0 Å². The Hall–Kier alpha value is -4.24. The van der Waals surface area contributed by atoms with E-state index in [0.717, 1.165) is 11.1 Å². The van der Waals surface area contributed by atoms with Crippen molar-refractivity contribution in [1.29, 1.82) is 0 Å². The van der Waals surface area contributed by atoms with E-state index in [1.54, 1.807) is 36.7 Å². The van der Waals surface area contributed by atoms with E-state index in [1.165, 1.54) is 36.1 Å². The van der Waals surface area contributed by atoms with Crippen molar-refractivity contribution in [3.8, 4) is 22.6 Å². The number of hydrogen-bond acceptors (Lipinski definition) is 7. The van der Waals surface area contributed by atoms with Gasteiger partial charge in [-0.15, -0.1) is 0 Å². The minimum atomic E-state index is -3.66. The predicted molar refractivity (Wildman–Crippen MR) is 127 cm³/mol. The summed E-state index contributed by atoms with van der Waals surface area (Å²) in [5, 5.41) is 4.28. The molecule has 0 N–H and O–H groups in total. The molecule has 5 aromatic rings. The molecule has 170 valence electrons. The molecule has 34 heavy (non-hydrogen) atoms. The molecular weight excluding hydrogens is 454 g/mol. The number of ether oxygens (including phenoxy) is 1. The molecule has 0 bridgehead atoms. The molecule has 0 fully saturated rings. The van der Waals surface area contributed by atoms with Crippen LogP contribution in [0, 0.1) is 0 Å². The summed E-state index contributed by atoms with van der Waals surface area (Å²) in [6, 6.07) is 18.5. The number of sulfone groups is 1. The molecule has 2 aromatic carbocycles. The molecule has 3 heterocycles. The van der Waals surface area contributed by atoms with Gasteiger partial charge >= 0.3 is 0 Å². The van der Waals surface area contributed by atoms with Gasteiger partial charge in [-0.1, -0.05) is 17.3 Å². The van der Waals surface area contributed by atoms with Crippen LogP contribution in [0.25, 0.3) is 27.7 Å². The number of hydrogen-bond donors (Lipinski definition) is 0. The third kappa shape index (κ3) is 3.97. The van der Waals surface area contributed by atoms with Crippen LogP contribution in [0.15, 0.2) is 99.6 Å². The molecule has 0 radical (unpaired) electrons. The Morgan fingerprint density at radius 1 is 1.00 bits per heavy atom. The van der Waals surface area contributed by atoms with Crippen LogP contribution in [0.2, 0.25) is 0 Å². The van der Waals surface area contributed by atoms with Crippen molar-refractivity contribution in [2.24, 2.45) is 0 Å². The van der Waals surface area contributed by atoms with Gasteiger partial charge in [0.05, 0.1) is 28.9 Å². The van der Waals surface area contributed by atoms with Crippen molar-refractivity contribution >= 4 is 20.7 Å². The third-order valence-corrected chi connectivity index (χ3v) is 7.12. The van der Waals surface area contributed by atoms with E-state index < -0.39 is 9.84 Å². The zero-order valence-corrected chi connectivity index (χ0v) is 18.9. The topological polar surface area (TPSA) is 104 Å². The van der Waals surface area contributed by atoms with Crippen LogP contribution in [-0.4, -0.2) is 30.2 Å². The normalized spacial score (nSPS) is 11.6. The van der Waals surface area contributed by atoms with Gasteiger partial charge in [-0.2, -0.15) is 0 Å². The van der Waals surface area contributed by atoms with Gasteiger partial charge < -0.3 is 9.26 Å². The fraction of sp³-hybridized carbons (Fsp3) is 0.0800. The standard InChI is InChI=1S/C25H19N3O5S/c1-32-24-8-4-17(19-3-2-11-26-15-19)14-23(24)28-22-7-6-21(13-18(22)5-9-25(28)29)34(30,31)16-20-10-12-33-27-20/h2-15H,16H2,1H3. The summed E-state index contributed by atoms with van der Waals surface area (Å²) in [5.74, 6) is 0.222. The number of rotatable bonds is 6. The largest absolute Gasteiger partial charge is 0.495 e. The Balaban J connectivity index is 1.66. The summed E-state index contributed by atoms with van der Waals surface area (Å²) >= 11 is 0. The minimum absolute atomic E-state index is 0.129. The SMILES string of the molecule is COc1ccc(-c2cccnc2)cc1-n1c(=O)ccc2cc(S(=O)(=O)Cc3ccon3)ccc21. The highest BCUT2D eigenvalue weighted by Crippen LogP contribution is 2.31. The lowest BCUT2D eigenvalue weighted by Gasteiger charge is -2.16. The third-order valence-electron chi connectivity index (χ3n) is 5.47. The minimum Gasteiger partial charge on any atom is -0.495 e. The average molecular weight is 474 g/mol. The van der Waals surface area contributed by atoms with Gasteiger partial charge in [0, 0.05) is 35.5 Å². The molecular formula is C25H19N3O5S. The van der Waals surface area contributed by atoms with E-state index in [2.05, 4.69) is 10.1 Å². The quantitative estimate of drug-likeness (QED) is 0.367. The van der Waals surface area contributed by atoms with Gasteiger partial charge in [0.15, 0.2) is 9.84 Å². The molecule has 0 spiro atoms. The second-order valence-electron chi connectivity index (χ2n) is 7.61. The smallest absolute Gasteiger partial charge is 0.255 e. The maximum atomic E-state index is 13.0. The van der Waals surface area contributed by atoms with Crippen LogP contribution in [0.5, 0.6) is 5.75 Å². The molecule has 0 aliphatic heterocycles. The first kappa shape index (κ1) is 21.6. The van der Waals surface area contributed by atoms with Gasteiger partial charge in [0.25, 0.3) is 5.56 Å². The Kier molecular flexibility index (Phi) is 5.46. The summed E-state index contributed by atoms with van der Waals surface area (Å²) in [6.45, 7) is 0. The summed E-state index contributed by atoms with van der Waals surface area (Å²) < 4.78 is 37.6. The number of fused-ring (bicyclic) bond motifs is 1. The van der Waals surface area contributed by atoms with Gasteiger partial charge in [-0.3, -0.25) is 14.3 Å². The molecule has 0 amide bonds. The van der Waals surface area contributed by atoms with E-state index in [-0.39, 0.29) is 16.2 Å². The van der Waals surface area contributed by atoms with E-state index in [0.29, 0.717) is 28.0 Å². The molecule has 0 saturated carbocycles. The lowest BCUT2D eigenvalue weighted by Crippen LogP contribution is -2.18. The fourth-order valence-corrected chi connectivity index (χ4v) is 5.12. The zero-order chi connectivity index (χ0) is 23.7. The fourth-order valence-electron chi connectivity index (χ4n) is 3.83. The van der Waals surface area contributed by atoms with Crippen LogP contribution in [0.4, 0.5) is 0 Å². The molecule has 0 aliphatic rings. The molecule has 0 aliphatic carbocycles. The van der Waals surface area contributed by atoms with Gasteiger partial charge in [0.1, 0.15) is 17.8 Å². The highest BCUT2D eigenvalue weighted by atomic mass is 32.2. The van der Waals surface area contributed by atoms with E-state index in [4.69, 9.17) is 9.26 Å². The van der Waals surface area contributed by atoms with E-state index in [9.17, 15) is 13.2 Å². The van der Waals surface area contributed by atoms with Gasteiger partial charge in [0.2, 0.25) is 0 Å². The first-order valence-electron chi connectivity index (χ1n) is 10.3. The van der Waals surface area contributed by atoms with E-state index >= 15 is 0 Å². The molecule has 5 rings (SSSR count). The lowest BCUT2D eigenvalue weighted by molar-refractivity contribution is 0.413. The summed E-state index contributed by atoms with van der Waals surface area (Å²) in [4.78, 5) is 17.3. The maximum absolute atomic E-state index is 13.0. The first-order valence-corrected chi connectivity index (χ1v) is 12.0. The molecule has 0 unspecified atom stereocenters. The van der Waals surface area contributed by atoms with Crippen LogP contribution < -0.4 is 10.3 Å². The van der Waals surface area contributed by atoms with Crippen molar-refractivity contribution in [3.63, 3.8) is 0 Å². The molecule has 9 heteroatoms. The maximum Gasteiger partial charge on any atom is 0.255 e. The Morgan fingerprint density at radius 3 is 2.62 bits per heavy atom. The van der Waals surface area contributed by atoms with Crippen molar-refractivity contribution in [2.45, 2.75) is 10.6 Å². The van der Waals surface area contributed by atoms with Crippen LogP contribution in [0.1, 0.15) is 5.69 Å². The Labute approximate surface area is 195 Å². The van der Waals surface area contributed by atoms with Crippen LogP contribution in [-0.2, 0) is 15.6 Å². The monoisotopic (exact) mass is 473 g/mol. The summed E-state index contributed by atoms with van der Waals surface area (Å²) in [7, 11) is -2.12. The molecule has 0 saturated heterocycles. The first-order chi connectivity index (χ1) is 16.5. The summed E-state index contributed by atoms with van der Waals surface area (Å²) in [5.41, 5.74) is 2.89. The molecule has 0 atom stereocenters. The Morgan fingerprint density at radius 2 is 1.88 bits per heavy atom. The second-order valence-corrected chi connectivity index (χ2v) is 9.60. The Bertz CT molecular complexity index is 1640. The number of nitrogens with zero attached hydrogens (tertiary/aromatic N) is 3. The van der Waals surface area contributed by atoms with Crippen molar-refractivity contribution in [2.75, 3.05) is 7.11 Å². The van der Waals surface area contributed by atoms with Crippen molar-refractivity contribution < 1.29 is 17.7 Å². The van der Waals surface area contributed by atoms with Crippen LogP contribution in [0.3, 0.4) is 0 Å². The number of methoxy groups -OCH3 is 1. The highest BCUT2D eigenvalue weighted by Gasteiger charge is 2.19. The molecule has 8 nitrogen and oxygen atoms in total. The van der Waals surface area contributed by atoms with Crippen molar-refractivity contribution in [1.82, 2.24) is 14.7 Å². The number of pyridine rings is 2. The number of aromatic nitrogens is 3. The zero-order valence-electron chi connectivity index (χ0n) is 18.1. The second kappa shape index (κ2) is 8.60. The van der Waals surface area contributed by atoms with Crippen molar-refractivity contribution in [3.05, 3.63) is 101 Å². The van der Waals surface area contributed by atoms with Gasteiger partial charge in [-0.25, -0.2) is 8.42 Å². The highest BCUT2D eigenvalue weighted by molar-refractivity contribution is 7.90.